The summed E-state index contributed by atoms with van der Waals surface area (Å²) in [5.41, 5.74) is 11.7. The number of rotatable bonds is 5. The van der Waals surface area contributed by atoms with Gasteiger partial charge in [-0.25, -0.2) is 0 Å². The minimum absolute atomic E-state index is 0.0758. The van der Waals surface area contributed by atoms with E-state index in [4.69, 9.17) is 16.0 Å². The van der Waals surface area contributed by atoms with E-state index in [1.807, 2.05) is 0 Å². The zero-order valence-corrected chi connectivity index (χ0v) is 10.1. The van der Waals surface area contributed by atoms with Gasteiger partial charge in [-0.15, -0.1) is 0 Å². The highest BCUT2D eigenvalue weighted by Gasteiger charge is 2.12. The summed E-state index contributed by atoms with van der Waals surface area (Å²) in [6, 6.07) is 4.28. The molecular formula is C9H15N3O4S. The molecule has 0 amide bonds. The highest BCUT2D eigenvalue weighted by atomic mass is 32.3. The second-order valence-corrected chi connectivity index (χ2v) is 4.65. The summed E-state index contributed by atoms with van der Waals surface area (Å²) in [6.07, 6.45) is 0. The summed E-state index contributed by atoms with van der Waals surface area (Å²) in [5, 5.41) is 2.88. The van der Waals surface area contributed by atoms with E-state index in [0.717, 1.165) is 0 Å². The SMILES string of the molecule is CC(N)CNc1ccc(N)cc1OS(=O)(=O)O. The molecule has 1 rings (SSSR count). The number of nitrogens with one attached hydrogen (secondary N) is 1. The molecule has 0 aliphatic rings. The van der Waals surface area contributed by atoms with Crippen molar-refractivity contribution >= 4 is 21.8 Å². The first-order valence-corrected chi connectivity index (χ1v) is 6.20. The van der Waals surface area contributed by atoms with Crippen LogP contribution in [-0.2, 0) is 10.4 Å². The van der Waals surface area contributed by atoms with Gasteiger partial charge in [0.25, 0.3) is 0 Å². The molecule has 0 saturated heterocycles. The first-order valence-electron chi connectivity index (χ1n) is 4.84. The van der Waals surface area contributed by atoms with Crippen LogP contribution in [-0.4, -0.2) is 25.6 Å². The Bertz CT molecular complexity index is 487. The van der Waals surface area contributed by atoms with Crippen molar-refractivity contribution in [2.75, 3.05) is 17.6 Å². The minimum Gasteiger partial charge on any atom is -0.399 e. The molecule has 8 heteroatoms. The van der Waals surface area contributed by atoms with Crippen LogP contribution in [0.4, 0.5) is 11.4 Å². The van der Waals surface area contributed by atoms with Crippen molar-refractivity contribution < 1.29 is 17.2 Å². The molecule has 0 aliphatic carbocycles. The molecule has 0 spiro atoms. The predicted molar refractivity (Wildman–Crippen MR) is 65.2 cm³/mol. The van der Waals surface area contributed by atoms with Crippen LogP contribution < -0.4 is 21.0 Å². The van der Waals surface area contributed by atoms with Gasteiger partial charge < -0.3 is 21.0 Å². The molecule has 0 aromatic heterocycles. The maximum Gasteiger partial charge on any atom is 0.446 e. The molecule has 0 radical (unpaired) electrons. The predicted octanol–water partition coefficient (Wildman–Crippen LogP) is 0.210. The van der Waals surface area contributed by atoms with Gasteiger partial charge in [0.05, 0.1) is 5.69 Å². The van der Waals surface area contributed by atoms with Gasteiger partial charge in [0, 0.05) is 24.3 Å². The Morgan fingerprint density at radius 2 is 2.18 bits per heavy atom. The molecule has 0 bridgehead atoms. The molecule has 1 aromatic carbocycles. The van der Waals surface area contributed by atoms with E-state index in [1.54, 1.807) is 13.0 Å². The van der Waals surface area contributed by atoms with Gasteiger partial charge in [-0.3, -0.25) is 4.55 Å². The van der Waals surface area contributed by atoms with Gasteiger partial charge in [-0.05, 0) is 19.1 Å². The zero-order chi connectivity index (χ0) is 13.1. The van der Waals surface area contributed by atoms with E-state index >= 15 is 0 Å². The van der Waals surface area contributed by atoms with E-state index < -0.39 is 10.4 Å². The fourth-order valence-corrected chi connectivity index (χ4v) is 1.50. The van der Waals surface area contributed by atoms with E-state index in [-0.39, 0.29) is 11.8 Å². The van der Waals surface area contributed by atoms with Gasteiger partial charge in [0.2, 0.25) is 0 Å². The van der Waals surface area contributed by atoms with Gasteiger partial charge in [0.1, 0.15) is 0 Å². The fourth-order valence-electron chi connectivity index (χ4n) is 1.14. The quantitative estimate of drug-likeness (QED) is 0.440. The topological polar surface area (TPSA) is 128 Å². The Balaban J connectivity index is 2.95. The second kappa shape index (κ2) is 5.21. The van der Waals surface area contributed by atoms with E-state index in [0.29, 0.717) is 17.9 Å². The molecule has 17 heavy (non-hydrogen) atoms. The summed E-state index contributed by atoms with van der Waals surface area (Å²) < 4.78 is 34.3. The normalized spacial score (nSPS) is 13.1. The first kappa shape index (κ1) is 13.6. The summed E-state index contributed by atoms with van der Waals surface area (Å²) in [6.45, 7) is 2.21. The van der Waals surface area contributed by atoms with Crippen LogP contribution in [0.1, 0.15) is 6.92 Å². The van der Waals surface area contributed by atoms with Crippen molar-refractivity contribution in [2.45, 2.75) is 13.0 Å². The van der Waals surface area contributed by atoms with Crippen LogP contribution in [0.5, 0.6) is 5.75 Å². The standard InChI is InChI=1S/C9H15N3O4S/c1-6(10)5-12-8-3-2-7(11)4-9(8)16-17(13,14)15/h2-4,6,12H,5,10-11H2,1H3,(H,13,14,15). The van der Waals surface area contributed by atoms with Crippen LogP contribution >= 0.6 is 0 Å². The van der Waals surface area contributed by atoms with Crippen molar-refractivity contribution in [2.24, 2.45) is 5.73 Å². The molecule has 0 fully saturated rings. The van der Waals surface area contributed by atoms with Crippen molar-refractivity contribution in [3.63, 3.8) is 0 Å². The van der Waals surface area contributed by atoms with Crippen LogP contribution in [0.2, 0.25) is 0 Å². The minimum atomic E-state index is -4.58. The average molecular weight is 261 g/mol. The van der Waals surface area contributed by atoms with Crippen molar-refractivity contribution in [3.8, 4) is 5.75 Å². The number of anilines is 2. The van der Waals surface area contributed by atoms with Crippen molar-refractivity contribution in [3.05, 3.63) is 18.2 Å². The second-order valence-electron chi connectivity index (χ2n) is 3.62. The lowest BCUT2D eigenvalue weighted by atomic mass is 10.2. The monoisotopic (exact) mass is 261 g/mol. The number of nitrogen functional groups attached to an aromatic ring is 1. The molecule has 0 aliphatic heterocycles. The summed E-state index contributed by atoms with van der Waals surface area (Å²) >= 11 is 0. The number of nitrogens with two attached hydrogens (primary N) is 2. The lowest BCUT2D eigenvalue weighted by Crippen LogP contribution is -2.25. The van der Waals surface area contributed by atoms with Crippen LogP contribution in [0.3, 0.4) is 0 Å². The highest BCUT2D eigenvalue weighted by molar-refractivity contribution is 7.81. The molecule has 96 valence electrons. The fraction of sp³-hybridized carbons (Fsp3) is 0.333. The third kappa shape index (κ3) is 4.89. The Labute approximate surface area is 99.7 Å². The number of benzene rings is 1. The molecule has 0 heterocycles. The van der Waals surface area contributed by atoms with E-state index in [1.165, 1.54) is 12.1 Å². The molecule has 6 N–H and O–H groups in total. The van der Waals surface area contributed by atoms with E-state index in [2.05, 4.69) is 9.50 Å². The zero-order valence-electron chi connectivity index (χ0n) is 9.25. The third-order valence-electron chi connectivity index (χ3n) is 1.82. The number of hydrogen-bond acceptors (Lipinski definition) is 6. The van der Waals surface area contributed by atoms with Gasteiger partial charge in [-0.2, -0.15) is 8.42 Å². The van der Waals surface area contributed by atoms with E-state index in [9.17, 15) is 8.42 Å². The molecule has 1 aromatic rings. The third-order valence-corrected chi connectivity index (χ3v) is 2.21. The maximum atomic E-state index is 10.6. The summed E-state index contributed by atoms with van der Waals surface area (Å²) in [7, 11) is -4.58. The Hall–Kier alpha value is -1.51. The smallest absolute Gasteiger partial charge is 0.399 e. The largest absolute Gasteiger partial charge is 0.446 e. The van der Waals surface area contributed by atoms with Crippen molar-refractivity contribution in [1.82, 2.24) is 0 Å². The molecule has 0 saturated carbocycles. The first-order chi connectivity index (χ1) is 7.78. The molecule has 7 nitrogen and oxygen atoms in total. The van der Waals surface area contributed by atoms with Gasteiger partial charge in [0.15, 0.2) is 5.75 Å². The van der Waals surface area contributed by atoms with Crippen LogP contribution in [0, 0.1) is 0 Å². The maximum absolute atomic E-state index is 10.6. The summed E-state index contributed by atoms with van der Waals surface area (Å²) in [5.74, 6) is -0.0758. The van der Waals surface area contributed by atoms with Crippen molar-refractivity contribution in [1.29, 1.82) is 0 Å². The number of hydrogen-bond donors (Lipinski definition) is 4. The van der Waals surface area contributed by atoms with Crippen LogP contribution in [0.15, 0.2) is 18.2 Å². The molecular weight excluding hydrogens is 246 g/mol. The Morgan fingerprint density at radius 1 is 1.53 bits per heavy atom. The molecule has 1 unspecified atom stereocenters. The lowest BCUT2D eigenvalue weighted by molar-refractivity contribution is 0.387. The Kier molecular flexibility index (Phi) is 4.16. The molecule has 1 atom stereocenters. The van der Waals surface area contributed by atoms with Gasteiger partial charge in [-0.1, -0.05) is 0 Å². The Morgan fingerprint density at radius 3 is 2.71 bits per heavy atom. The van der Waals surface area contributed by atoms with Gasteiger partial charge >= 0.3 is 10.4 Å². The highest BCUT2D eigenvalue weighted by Crippen LogP contribution is 2.27. The van der Waals surface area contributed by atoms with Crippen LogP contribution in [0.25, 0.3) is 0 Å². The summed E-state index contributed by atoms with van der Waals surface area (Å²) in [4.78, 5) is 0. The average Bonchev–Trinajstić information content (AvgIpc) is 2.13. The lowest BCUT2D eigenvalue weighted by Gasteiger charge is -2.13.